The summed E-state index contributed by atoms with van der Waals surface area (Å²) in [5, 5.41) is 0. The Morgan fingerprint density at radius 2 is 1.30 bits per heavy atom. The normalized spacial score (nSPS) is 10.4. The first-order valence-electron chi connectivity index (χ1n) is 5.28. The van der Waals surface area contributed by atoms with Crippen LogP contribution in [0.15, 0.2) is 30.3 Å². The lowest BCUT2D eigenvalue weighted by atomic mass is 10.2. The van der Waals surface area contributed by atoms with Gasteiger partial charge in [0.15, 0.2) is 0 Å². The lowest BCUT2D eigenvalue weighted by Crippen LogP contribution is -2.05. The molecule has 0 aliphatic rings. The van der Waals surface area contributed by atoms with Crippen LogP contribution >= 0.6 is 0 Å². The summed E-state index contributed by atoms with van der Waals surface area (Å²) in [7, 11) is -3.88. The molecule has 0 saturated heterocycles. The van der Waals surface area contributed by atoms with Crippen LogP contribution in [-0.2, 0) is 15.9 Å². The van der Waals surface area contributed by atoms with Gasteiger partial charge in [0.05, 0.1) is 0 Å². The van der Waals surface area contributed by atoms with Crippen LogP contribution in [0, 0.1) is 0 Å². The Morgan fingerprint density at radius 3 is 1.65 bits per heavy atom. The molecule has 0 atom stereocenters. The Balaban J connectivity index is 0.000000204. The molecule has 9 nitrogen and oxygen atoms in total. The van der Waals surface area contributed by atoms with Gasteiger partial charge in [-0.1, -0.05) is 30.3 Å². The maximum atomic E-state index is 10.4. The number of nitrogen functional groups attached to an aromatic ring is 3. The van der Waals surface area contributed by atoms with Gasteiger partial charge in [-0.2, -0.15) is 23.4 Å². The molecule has 0 spiro atoms. The molecule has 10 heteroatoms. The van der Waals surface area contributed by atoms with Gasteiger partial charge in [-0.25, -0.2) is 0 Å². The summed E-state index contributed by atoms with van der Waals surface area (Å²) >= 11 is 0. The third kappa shape index (κ3) is 6.47. The number of rotatable bonds is 2. The number of hydrogen-bond donors (Lipinski definition) is 4. The highest BCUT2D eigenvalue weighted by molar-refractivity contribution is 7.85. The highest BCUT2D eigenvalue weighted by atomic mass is 32.2. The Kier molecular flexibility index (Phi) is 5.17. The fourth-order valence-corrected chi connectivity index (χ4v) is 1.83. The summed E-state index contributed by atoms with van der Waals surface area (Å²) in [6, 6.07) is 8.52. The molecule has 2 aromatic rings. The first-order chi connectivity index (χ1) is 9.26. The van der Waals surface area contributed by atoms with Crippen molar-refractivity contribution >= 4 is 28.0 Å². The molecule has 1 aromatic heterocycles. The lowest BCUT2D eigenvalue weighted by Gasteiger charge is -1.95. The van der Waals surface area contributed by atoms with Gasteiger partial charge in [0, 0.05) is 0 Å². The van der Waals surface area contributed by atoms with E-state index in [2.05, 4.69) is 15.0 Å². The summed E-state index contributed by atoms with van der Waals surface area (Å²) in [5.41, 5.74) is 16.0. The summed E-state index contributed by atoms with van der Waals surface area (Å²) in [4.78, 5) is 10.5. The smallest absolute Gasteiger partial charge is 0.269 e. The minimum atomic E-state index is -3.88. The largest absolute Gasteiger partial charge is 0.368 e. The van der Waals surface area contributed by atoms with Crippen molar-refractivity contribution in [3.05, 3.63) is 35.9 Å². The third-order valence-corrected chi connectivity index (χ3v) is 2.58. The van der Waals surface area contributed by atoms with Crippen molar-refractivity contribution in [1.29, 1.82) is 0 Å². The molecule has 0 bridgehead atoms. The van der Waals surface area contributed by atoms with E-state index in [0.29, 0.717) is 5.56 Å². The molecule has 0 fully saturated rings. The Labute approximate surface area is 115 Å². The molecule has 0 aliphatic heterocycles. The highest BCUT2D eigenvalue weighted by Gasteiger charge is 2.04. The molecule has 7 N–H and O–H groups in total. The number of anilines is 3. The van der Waals surface area contributed by atoms with Crippen molar-refractivity contribution in [2.24, 2.45) is 0 Å². The molecule has 0 unspecified atom stereocenters. The maximum absolute atomic E-state index is 10.4. The predicted octanol–water partition coefficient (Wildman–Crippen LogP) is -0.307. The van der Waals surface area contributed by atoms with Crippen molar-refractivity contribution in [2.75, 3.05) is 17.2 Å². The lowest BCUT2D eigenvalue weighted by molar-refractivity contribution is 0.482. The average Bonchev–Trinajstić information content (AvgIpc) is 2.26. The van der Waals surface area contributed by atoms with Gasteiger partial charge in [0.2, 0.25) is 17.8 Å². The van der Waals surface area contributed by atoms with E-state index in [1.807, 2.05) is 0 Å². The fraction of sp³-hybridized carbons (Fsp3) is 0.100. The minimum absolute atomic E-state index is 0.0417. The molecule has 0 saturated carbocycles. The average molecular weight is 298 g/mol. The van der Waals surface area contributed by atoms with E-state index in [-0.39, 0.29) is 23.6 Å². The van der Waals surface area contributed by atoms with Crippen LogP contribution in [0.25, 0.3) is 0 Å². The van der Waals surface area contributed by atoms with E-state index in [4.69, 9.17) is 21.8 Å². The molecule has 108 valence electrons. The second-order valence-corrected chi connectivity index (χ2v) is 5.07. The van der Waals surface area contributed by atoms with E-state index < -0.39 is 10.1 Å². The van der Waals surface area contributed by atoms with E-state index in [9.17, 15) is 8.42 Å². The van der Waals surface area contributed by atoms with Crippen LogP contribution in [-0.4, -0.2) is 27.9 Å². The van der Waals surface area contributed by atoms with Crippen LogP contribution in [0.1, 0.15) is 5.56 Å². The quantitative estimate of drug-likeness (QED) is 0.542. The van der Waals surface area contributed by atoms with Crippen LogP contribution in [0.5, 0.6) is 0 Å². The van der Waals surface area contributed by atoms with E-state index in [1.165, 1.54) is 0 Å². The van der Waals surface area contributed by atoms with Gasteiger partial charge < -0.3 is 17.2 Å². The first-order valence-corrected chi connectivity index (χ1v) is 6.89. The van der Waals surface area contributed by atoms with Gasteiger partial charge in [-0.3, -0.25) is 4.55 Å². The Morgan fingerprint density at radius 1 is 0.900 bits per heavy atom. The minimum Gasteiger partial charge on any atom is -0.368 e. The number of aromatic nitrogens is 3. The third-order valence-electron chi connectivity index (χ3n) is 1.88. The van der Waals surface area contributed by atoms with Gasteiger partial charge in [0.25, 0.3) is 10.1 Å². The molecular weight excluding hydrogens is 284 g/mol. The van der Waals surface area contributed by atoms with Crippen molar-refractivity contribution in [3.8, 4) is 0 Å². The van der Waals surface area contributed by atoms with Gasteiger partial charge in [-0.15, -0.1) is 0 Å². The van der Waals surface area contributed by atoms with Crippen molar-refractivity contribution in [1.82, 2.24) is 15.0 Å². The topological polar surface area (TPSA) is 171 Å². The molecule has 2 rings (SSSR count). The highest BCUT2D eigenvalue weighted by Crippen LogP contribution is 2.02. The zero-order valence-electron chi connectivity index (χ0n) is 10.3. The van der Waals surface area contributed by atoms with Crippen LogP contribution in [0.3, 0.4) is 0 Å². The van der Waals surface area contributed by atoms with Gasteiger partial charge >= 0.3 is 0 Å². The zero-order chi connectivity index (χ0) is 15.2. The molecule has 0 radical (unpaired) electrons. The van der Waals surface area contributed by atoms with E-state index in [0.717, 1.165) is 0 Å². The maximum Gasteiger partial charge on any atom is 0.269 e. The molecule has 0 amide bonds. The Hall–Kier alpha value is -2.46. The monoisotopic (exact) mass is 298 g/mol. The van der Waals surface area contributed by atoms with Gasteiger partial charge in [0.1, 0.15) is 5.75 Å². The summed E-state index contributed by atoms with van der Waals surface area (Å²) in [6.45, 7) is 0. The SMILES string of the molecule is Nc1nc(N)nc(N)n1.O=S(=O)(O)Cc1ccccc1. The number of nitrogens with two attached hydrogens (primary N) is 3. The number of nitrogens with zero attached hydrogens (tertiary/aromatic N) is 3. The standard InChI is InChI=1S/C7H8O3S.C3H6N6/c8-11(9,10)6-7-4-2-1-3-5-7;4-1-7-2(5)9-3(6)8-1/h1-5H,6H2,(H,8,9,10);(H6,4,5,6,7,8,9). The predicted molar refractivity (Wildman–Crippen MR) is 74.8 cm³/mol. The summed E-state index contributed by atoms with van der Waals surface area (Å²) in [6.07, 6.45) is 0. The summed E-state index contributed by atoms with van der Waals surface area (Å²) in [5.74, 6) is -0.187. The van der Waals surface area contributed by atoms with Crippen LogP contribution in [0.2, 0.25) is 0 Å². The number of benzene rings is 1. The van der Waals surface area contributed by atoms with E-state index >= 15 is 0 Å². The molecule has 20 heavy (non-hydrogen) atoms. The second-order valence-electron chi connectivity index (χ2n) is 3.62. The first kappa shape index (κ1) is 15.6. The molecule has 1 heterocycles. The second kappa shape index (κ2) is 6.63. The zero-order valence-corrected chi connectivity index (χ0v) is 11.2. The number of hydrogen-bond acceptors (Lipinski definition) is 8. The van der Waals surface area contributed by atoms with Gasteiger partial charge in [-0.05, 0) is 5.56 Å². The van der Waals surface area contributed by atoms with Crippen molar-refractivity contribution in [2.45, 2.75) is 5.75 Å². The van der Waals surface area contributed by atoms with Crippen molar-refractivity contribution < 1.29 is 13.0 Å². The Bertz CT molecular complexity index is 611. The van der Waals surface area contributed by atoms with Crippen molar-refractivity contribution in [3.63, 3.8) is 0 Å². The molecule has 1 aromatic carbocycles. The molecule has 0 aliphatic carbocycles. The van der Waals surface area contributed by atoms with E-state index in [1.54, 1.807) is 30.3 Å². The fourth-order valence-electron chi connectivity index (χ4n) is 1.21. The van der Waals surface area contributed by atoms with Crippen LogP contribution < -0.4 is 17.2 Å². The molecular formula is C10H14N6O3S. The van der Waals surface area contributed by atoms with Crippen LogP contribution in [0.4, 0.5) is 17.8 Å². The summed E-state index contributed by atoms with van der Waals surface area (Å²) < 4.78 is 29.2.